The Labute approximate surface area is 176 Å². The van der Waals surface area contributed by atoms with Crippen LogP contribution >= 0.6 is 11.3 Å². The zero-order valence-electron chi connectivity index (χ0n) is 16.1. The van der Waals surface area contributed by atoms with E-state index in [1.165, 1.54) is 23.5 Å². The maximum atomic E-state index is 13.5. The molecule has 4 aromatic rings. The van der Waals surface area contributed by atoms with Gasteiger partial charge < -0.3 is 10.6 Å². The fourth-order valence-corrected chi connectivity index (χ4v) is 4.90. The Bertz CT molecular complexity index is 1190. The van der Waals surface area contributed by atoms with Gasteiger partial charge >= 0.3 is 0 Å². The standard InChI is InChI=1S/C22H20FN5OS/c23-14-9-10-18-20(13-14)30-22(27-18)26-17-7-3-6-16(17)25-21(29)15-5-1-2-8-19(15)28-12-4-11-24-28/h1-2,4-5,8-13,16-17H,3,6-7H2,(H,25,29)(H,26,27)/t16-,17-/m1/s1. The van der Waals surface area contributed by atoms with E-state index in [2.05, 4.69) is 20.7 Å². The van der Waals surface area contributed by atoms with Crippen molar-refractivity contribution in [3.63, 3.8) is 0 Å². The summed E-state index contributed by atoms with van der Waals surface area (Å²) in [4.78, 5) is 17.6. The largest absolute Gasteiger partial charge is 0.357 e. The Morgan fingerprint density at radius 2 is 2.00 bits per heavy atom. The van der Waals surface area contributed by atoms with Crippen molar-refractivity contribution in [3.8, 4) is 5.69 Å². The van der Waals surface area contributed by atoms with Crippen LogP contribution in [-0.2, 0) is 0 Å². The molecule has 1 aliphatic rings. The summed E-state index contributed by atoms with van der Waals surface area (Å²) in [7, 11) is 0. The predicted molar refractivity (Wildman–Crippen MR) is 116 cm³/mol. The van der Waals surface area contributed by atoms with Crippen LogP contribution in [0.2, 0.25) is 0 Å². The number of benzene rings is 2. The molecule has 2 N–H and O–H groups in total. The molecule has 0 saturated heterocycles. The molecule has 2 atom stereocenters. The van der Waals surface area contributed by atoms with Gasteiger partial charge in [-0.2, -0.15) is 5.10 Å². The highest BCUT2D eigenvalue weighted by Gasteiger charge is 2.30. The molecule has 0 spiro atoms. The molecular weight excluding hydrogens is 401 g/mol. The molecule has 5 rings (SSSR count). The van der Waals surface area contributed by atoms with E-state index in [0.29, 0.717) is 5.56 Å². The number of halogens is 1. The Morgan fingerprint density at radius 3 is 2.87 bits per heavy atom. The SMILES string of the molecule is O=C(N[C@@H]1CCC[C@H]1Nc1nc2ccc(F)cc2s1)c1ccccc1-n1cccn1. The molecule has 0 bridgehead atoms. The normalized spacial score (nSPS) is 18.6. The second-order valence-electron chi connectivity index (χ2n) is 7.36. The number of thiazole rings is 1. The predicted octanol–water partition coefficient (Wildman–Crippen LogP) is 4.38. The number of amides is 1. The van der Waals surface area contributed by atoms with Crippen molar-refractivity contribution in [1.82, 2.24) is 20.1 Å². The summed E-state index contributed by atoms with van der Waals surface area (Å²) in [5, 5.41) is 11.6. The maximum Gasteiger partial charge on any atom is 0.253 e. The molecular formula is C22H20FN5OS. The number of carbonyl (C=O) groups is 1. The number of para-hydroxylation sites is 1. The number of fused-ring (bicyclic) bond motifs is 1. The molecule has 0 radical (unpaired) electrons. The summed E-state index contributed by atoms with van der Waals surface area (Å²) in [5.74, 6) is -0.384. The van der Waals surface area contributed by atoms with Crippen molar-refractivity contribution in [2.75, 3.05) is 5.32 Å². The van der Waals surface area contributed by atoms with E-state index >= 15 is 0 Å². The minimum atomic E-state index is -0.264. The van der Waals surface area contributed by atoms with Crippen LogP contribution in [-0.4, -0.2) is 32.8 Å². The van der Waals surface area contributed by atoms with Crippen molar-refractivity contribution in [2.45, 2.75) is 31.3 Å². The minimum Gasteiger partial charge on any atom is -0.357 e. The fourth-order valence-electron chi connectivity index (χ4n) is 3.95. The van der Waals surface area contributed by atoms with Gasteiger partial charge in [0.15, 0.2) is 5.13 Å². The van der Waals surface area contributed by atoms with Crippen molar-refractivity contribution >= 4 is 32.6 Å². The Balaban J connectivity index is 1.33. The third-order valence-corrected chi connectivity index (χ3v) is 6.34. The number of rotatable bonds is 5. The van der Waals surface area contributed by atoms with Crippen LogP contribution in [0.3, 0.4) is 0 Å². The highest BCUT2D eigenvalue weighted by molar-refractivity contribution is 7.22. The molecule has 1 fully saturated rings. The summed E-state index contributed by atoms with van der Waals surface area (Å²) >= 11 is 1.43. The first-order chi connectivity index (χ1) is 14.7. The summed E-state index contributed by atoms with van der Waals surface area (Å²) in [5.41, 5.74) is 2.11. The number of nitrogens with zero attached hydrogens (tertiary/aromatic N) is 3. The van der Waals surface area contributed by atoms with Crippen molar-refractivity contribution in [1.29, 1.82) is 0 Å². The minimum absolute atomic E-state index is 0.00748. The number of hydrogen-bond donors (Lipinski definition) is 2. The first-order valence-electron chi connectivity index (χ1n) is 9.90. The van der Waals surface area contributed by atoms with Crippen molar-refractivity contribution in [3.05, 3.63) is 72.3 Å². The number of aromatic nitrogens is 3. The van der Waals surface area contributed by atoms with Gasteiger partial charge in [0.1, 0.15) is 5.82 Å². The molecule has 1 amide bonds. The van der Waals surface area contributed by atoms with E-state index in [-0.39, 0.29) is 23.8 Å². The van der Waals surface area contributed by atoms with Gasteiger partial charge in [0, 0.05) is 24.5 Å². The highest BCUT2D eigenvalue weighted by Crippen LogP contribution is 2.30. The first kappa shape index (κ1) is 18.7. The quantitative estimate of drug-likeness (QED) is 0.502. The molecule has 2 heterocycles. The van der Waals surface area contributed by atoms with Crippen LogP contribution in [0.25, 0.3) is 15.9 Å². The van der Waals surface area contributed by atoms with Crippen LogP contribution in [0, 0.1) is 5.82 Å². The average molecular weight is 422 g/mol. The number of nitrogens with one attached hydrogen (secondary N) is 2. The van der Waals surface area contributed by atoms with Crippen LogP contribution in [0.4, 0.5) is 9.52 Å². The van der Waals surface area contributed by atoms with Crippen LogP contribution in [0.15, 0.2) is 60.9 Å². The molecule has 152 valence electrons. The van der Waals surface area contributed by atoms with E-state index in [4.69, 9.17) is 0 Å². The van der Waals surface area contributed by atoms with E-state index in [0.717, 1.165) is 40.3 Å². The molecule has 2 aromatic heterocycles. The third kappa shape index (κ3) is 3.66. The maximum absolute atomic E-state index is 13.5. The van der Waals surface area contributed by atoms with E-state index in [9.17, 15) is 9.18 Å². The smallest absolute Gasteiger partial charge is 0.253 e. The van der Waals surface area contributed by atoms with Crippen molar-refractivity contribution < 1.29 is 9.18 Å². The molecule has 30 heavy (non-hydrogen) atoms. The highest BCUT2D eigenvalue weighted by atomic mass is 32.1. The average Bonchev–Trinajstić information content (AvgIpc) is 3.49. The molecule has 0 aliphatic heterocycles. The molecule has 1 saturated carbocycles. The monoisotopic (exact) mass is 421 g/mol. The van der Waals surface area contributed by atoms with Gasteiger partial charge in [0.2, 0.25) is 0 Å². The topological polar surface area (TPSA) is 71.8 Å². The lowest BCUT2D eigenvalue weighted by atomic mass is 10.1. The van der Waals surface area contributed by atoms with Gasteiger partial charge in [-0.25, -0.2) is 14.1 Å². The summed E-state index contributed by atoms with van der Waals surface area (Å²) < 4.78 is 16.0. The Hall–Kier alpha value is -3.26. The van der Waals surface area contributed by atoms with Gasteiger partial charge in [-0.05, 0) is 55.7 Å². The van der Waals surface area contributed by atoms with Crippen molar-refractivity contribution in [2.24, 2.45) is 0 Å². The lowest BCUT2D eigenvalue weighted by molar-refractivity contribution is 0.0935. The summed E-state index contributed by atoms with van der Waals surface area (Å²) in [6, 6.07) is 13.9. The van der Waals surface area contributed by atoms with Crippen LogP contribution < -0.4 is 10.6 Å². The Morgan fingerprint density at radius 1 is 1.13 bits per heavy atom. The summed E-state index contributed by atoms with van der Waals surface area (Å²) in [6.45, 7) is 0. The van der Waals surface area contributed by atoms with Crippen LogP contribution in [0.5, 0.6) is 0 Å². The third-order valence-electron chi connectivity index (χ3n) is 5.39. The molecule has 0 unspecified atom stereocenters. The number of carbonyl (C=O) groups excluding carboxylic acids is 1. The van der Waals surface area contributed by atoms with E-state index < -0.39 is 0 Å². The second kappa shape index (κ2) is 7.87. The molecule has 6 nitrogen and oxygen atoms in total. The van der Waals surface area contributed by atoms with Gasteiger partial charge in [-0.1, -0.05) is 23.5 Å². The van der Waals surface area contributed by atoms with Gasteiger partial charge in [0.25, 0.3) is 5.91 Å². The van der Waals surface area contributed by atoms with Gasteiger partial charge in [-0.3, -0.25) is 4.79 Å². The summed E-state index contributed by atoms with van der Waals surface area (Å²) in [6.07, 6.45) is 6.36. The first-order valence-corrected chi connectivity index (χ1v) is 10.7. The van der Waals surface area contributed by atoms with E-state index in [1.807, 2.05) is 36.5 Å². The Kier molecular flexibility index (Phi) is 4.92. The van der Waals surface area contributed by atoms with Crippen LogP contribution in [0.1, 0.15) is 29.6 Å². The lowest BCUT2D eigenvalue weighted by Gasteiger charge is -2.22. The van der Waals surface area contributed by atoms with Gasteiger partial charge in [-0.15, -0.1) is 0 Å². The number of hydrogen-bond acceptors (Lipinski definition) is 5. The lowest BCUT2D eigenvalue weighted by Crippen LogP contribution is -2.43. The molecule has 2 aromatic carbocycles. The van der Waals surface area contributed by atoms with Gasteiger partial charge in [0.05, 0.1) is 21.5 Å². The zero-order valence-corrected chi connectivity index (χ0v) is 16.9. The zero-order chi connectivity index (χ0) is 20.5. The van der Waals surface area contributed by atoms with E-state index in [1.54, 1.807) is 16.9 Å². The fraction of sp³-hybridized carbons (Fsp3) is 0.227. The second-order valence-corrected chi connectivity index (χ2v) is 8.39. The molecule has 8 heteroatoms. The molecule has 1 aliphatic carbocycles. The number of anilines is 1.